The topological polar surface area (TPSA) is 21.7 Å². The standard InChI is InChI=1S/C20H21BrClNO2S/c1-2-24-18-12-15(20(26)23-9-3-4-10-23)11-17(21)19(18)25-13-14-5-7-16(22)8-6-14/h5-8,11-12H,2-4,9-10,13H2,1H3. The molecular weight excluding hydrogens is 434 g/mol. The molecule has 1 aliphatic heterocycles. The summed E-state index contributed by atoms with van der Waals surface area (Å²) < 4.78 is 12.7. The molecule has 0 radical (unpaired) electrons. The number of hydrogen-bond acceptors (Lipinski definition) is 3. The molecule has 0 aliphatic carbocycles. The molecule has 0 bridgehead atoms. The SMILES string of the molecule is CCOc1cc(C(=S)N2CCCC2)cc(Br)c1OCc1ccc(Cl)cc1. The third-order valence-corrected chi connectivity index (χ3v) is 5.58. The average Bonchev–Trinajstić information content (AvgIpc) is 3.16. The number of likely N-dealkylation sites (tertiary alicyclic amines) is 1. The third-order valence-electron chi connectivity index (χ3n) is 4.25. The van der Waals surface area contributed by atoms with Gasteiger partial charge in [0, 0.05) is 23.7 Å². The van der Waals surface area contributed by atoms with Gasteiger partial charge in [-0.1, -0.05) is 36.0 Å². The Morgan fingerprint density at radius 2 is 1.85 bits per heavy atom. The van der Waals surface area contributed by atoms with Crippen molar-refractivity contribution in [2.45, 2.75) is 26.4 Å². The van der Waals surface area contributed by atoms with Crippen molar-refractivity contribution in [3.8, 4) is 11.5 Å². The molecule has 0 saturated carbocycles. The monoisotopic (exact) mass is 453 g/mol. The van der Waals surface area contributed by atoms with Gasteiger partial charge in [-0.15, -0.1) is 0 Å². The Morgan fingerprint density at radius 1 is 1.15 bits per heavy atom. The third kappa shape index (κ3) is 4.70. The van der Waals surface area contributed by atoms with Crippen molar-refractivity contribution in [3.05, 3.63) is 57.0 Å². The molecule has 1 fully saturated rings. The lowest BCUT2D eigenvalue weighted by Gasteiger charge is -2.21. The van der Waals surface area contributed by atoms with Gasteiger partial charge < -0.3 is 14.4 Å². The second-order valence-corrected chi connectivity index (χ2v) is 7.81. The van der Waals surface area contributed by atoms with Crippen molar-refractivity contribution < 1.29 is 9.47 Å². The van der Waals surface area contributed by atoms with Gasteiger partial charge in [-0.2, -0.15) is 0 Å². The zero-order chi connectivity index (χ0) is 18.5. The number of halogens is 2. The second-order valence-electron chi connectivity index (χ2n) is 6.13. The van der Waals surface area contributed by atoms with E-state index in [0.29, 0.717) is 29.7 Å². The van der Waals surface area contributed by atoms with Gasteiger partial charge in [-0.05, 0) is 65.5 Å². The molecule has 3 rings (SSSR count). The zero-order valence-electron chi connectivity index (χ0n) is 14.6. The normalized spacial score (nSPS) is 13.7. The van der Waals surface area contributed by atoms with Crippen LogP contribution in [0.15, 0.2) is 40.9 Å². The Morgan fingerprint density at radius 3 is 2.50 bits per heavy atom. The maximum Gasteiger partial charge on any atom is 0.175 e. The average molecular weight is 455 g/mol. The van der Waals surface area contributed by atoms with Crippen LogP contribution in [0.4, 0.5) is 0 Å². The number of rotatable bonds is 6. The van der Waals surface area contributed by atoms with E-state index in [-0.39, 0.29) is 0 Å². The van der Waals surface area contributed by atoms with E-state index in [1.165, 1.54) is 12.8 Å². The molecule has 0 N–H and O–H groups in total. The summed E-state index contributed by atoms with van der Waals surface area (Å²) in [7, 11) is 0. The van der Waals surface area contributed by atoms with Crippen LogP contribution in [0.1, 0.15) is 30.9 Å². The first-order valence-electron chi connectivity index (χ1n) is 8.71. The van der Waals surface area contributed by atoms with Crippen LogP contribution >= 0.6 is 39.7 Å². The van der Waals surface area contributed by atoms with Gasteiger partial charge in [0.25, 0.3) is 0 Å². The van der Waals surface area contributed by atoms with Crippen molar-refractivity contribution in [1.82, 2.24) is 4.90 Å². The van der Waals surface area contributed by atoms with Crippen LogP contribution in [0.25, 0.3) is 0 Å². The summed E-state index contributed by atoms with van der Waals surface area (Å²) in [4.78, 5) is 3.12. The lowest BCUT2D eigenvalue weighted by Crippen LogP contribution is -2.26. The minimum atomic E-state index is 0.436. The first-order chi connectivity index (χ1) is 12.6. The van der Waals surface area contributed by atoms with Crippen LogP contribution in [-0.2, 0) is 6.61 Å². The lowest BCUT2D eigenvalue weighted by atomic mass is 10.2. The predicted octanol–water partition coefficient (Wildman–Crippen LogP) is 5.85. The van der Waals surface area contributed by atoms with Crippen molar-refractivity contribution >= 4 is 44.7 Å². The van der Waals surface area contributed by atoms with Gasteiger partial charge in [0.05, 0.1) is 11.1 Å². The largest absolute Gasteiger partial charge is 0.490 e. The molecule has 1 aliphatic rings. The number of hydrogen-bond donors (Lipinski definition) is 0. The molecule has 1 saturated heterocycles. The summed E-state index contributed by atoms with van der Waals surface area (Å²) in [5.41, 5.74) is 2.02. The number of benzene rings is 2. The summed E-state index contributed by atoms with van der Waals surface area (Å²) in [5.74, 6) is 1.39. The molecule has 0 aromatic heterocycles. The minimum Gasteiger partial charge on any atom is -0.490 e. The molecule has 0 spiro atoms. The van der Waals surface area contributed by atoms with E-state index in [4.69, 9.17) is 33.3 Å². The van der Waals surface area contributed by atoms with E-state index < -0.39 is 0 Å². The fraction of sp³-hybridized carbons (Fsp3) is 0.350. The minimum absolute atomic E-state index is 0.436. The van der Waals surface area contributed by atoms with Gasteiger partial charge in [0.2, 0.25) is 0 Å². The van der Waals surface area contributed by atoms with Crippen LogP contribution < -0.4 is 9.47 Å². The Bertz CT molecular complexity index is 776. The molecule has 26 heavy (non-hydrogen) atoms. The maximum absolute atomic E-state index is 6.03. The molecule has 3 nitrogen and oxygen atoms in total. The molecule has 0 unspecified atom stereocenters. The zero-order valence-corrected chi connectivity index (χ0v) is 17.8. The summed E-state index contributed by atoms with van der Waals surface area (Å²) >= 11 is 15.2. The Balaban J connectivity index is 1.81. The fourth-order valence-corrected chi connectivity index (χ4v) is 3.92. The molecule has 0 amide bonds. The van der Waals surface area contributed by atoms with Crippen LogP contribution in [0.2, 0.25) is 5.02 Å². The van der Waals surface area contributed by atoms with Crippen LogP contribution in [0.5, 0.6) is 11.5 Å². The summed E-state index contributed by atoms with van der Waals surface area (Å²) in [6.07, 6.45) is 2.39. The Kier molecular flexibility index (Phi) is 6.79. The predicted molar refractivity (Wildman–Crippen MR) is 114 cm³/mol. The molecule has 0 atom stereocenters. The maximum atomic E-state index is 6.03. The number of ether oxygens (including phenoxy) is 2. The summed E-state index contributed by atoms with van der Waals surface area (Å²) in [5, 5.41) is 0.713. The van der Waals surface area contributed by atoms with E-state index >= 15 is 0 Å². The molecule has 2 aromatic rings. The number of nitrogens with zero attached hydrogens (tertiary/aromatic N) is 1. The van der Waals surface area contributed by atoms with Crippen molar-refractivity contribution in [2.24, 2.45) is 0 Å². The van der Waals surface area contributed by atoms with Crippen LogP contribution in [0, 0.1) is 0 Å². The molecule has 138 valence electrons. The molecule has 6 heteroatoms. The van der Waals surface area contributed by atoms with Crippen molar-refractivity contribution in [2.75, 3.05) is 19.7 Å². The summed E-state index contributed by atoms with van der Waals surface area (Å²) in [6, 6.07) is 11.6. The van der Waals surface area contributed by atoms with Crippen LogP contribution in [0.3, 0.4) is 0 Å². The van der Waals surface area contributed by atoms with E-state index in [1.807, 2.05) is 43.3 Å². The molecular formula is C20H21BrClNO2S. The van der Waals surface area contributed by atoms with Gasteiger partial charge >= 0.3 is 0 Å². The first kappa shape index (κ1) is 19.5. The van der Waals surface area contributed by atoms with Crippen LogP contribution in [-0.4, -0.2) is 29.6 Å². The van der Waals surface area contributed by atoms with Crippen molar-refractivity contribution in [1.29, 1.82) is 0 Å². The number of thiocarbonyl (C=S) groups is 1. The highest BCUT2D eigenvalue weighted by atomic mass is 79.9. The first-order valence-corrected chi connectivity index (χ1v) is 10.3. The van der Waals surface area contributed by atoms with Gasteiger partial charge in [-0.25, -0.2) is 0 Å². The van der Waals surface area contributed by atoms with E-state index in [2.05, 4.69) is 20.8 Å². The lowest BCUT2D eigenvalue weighted by molar-refractivity contribution is 0.267. The molecule has 2 aromatic carbocycles. The molecule has 1 heterocycles. The Hall–Kier alpha value is -1.30. The smallest absolute Gasteiger partial charge is 0.175 e. The van der Waals surface area contributed by atoms with Gasteiger partial charge in [0.15, 0.2) is 11.5 Å². The van der Waals surface area contributed by atoms with E-state index in [0.717, 1.165) is 33.7 Å². The fourth-order valence-electron chi connectivity index (χ4n) is 2.93. The summed E-state index contributed by atoms with van der Waals surface area (Å²) in [6.45, 7) is 5.00. The quantitative estimate of drug-likeness (QED) is 0.510. The van der Waals surface area contributed by atoms with Gasteiger partial charge in [0.1, 0.15) is 11.6 Å². The van der Waals surface area contributed by atoms with Gasteiger partial charge in [-0.3, -0.25) is 0 Å². The highest BCUT2D eigenvalue weighted by Gasteiger charge is 2.20. The van der Waals surface area contributed by atoms with E-state index in [9.17, 15) is 0 Å². The second kappa shape index (κ2) is 9.07. The van der Waals surface area contributed by atoms with Crippen molar-refractivity contribution in [3.63, 3.8) is 0 Å². The van der Waals surface area contributed by atoms with E-state index in [1.54, 1.807) is 0 Å². The highest BCUT2D eigenvalue weighted by Crippen LogP contribution is 2.38. The Labute approximate surface area is 173 Å². The highest BCUT2D eigenvalue weighted by molar-refractivity contribution is 9.10.